The first kappa shape index (κ1) is 18.4. The zero-order chi connectivity index (χ0) is 18.8. The molecule has 134 valence electrons. The van der Waals surface area contributed by atoms with Gasteiger partial charge in [-0.25, -0.2) is 9.69 Å². The van der Waals surface area contributed by atoms with Gasteiger partial charge < -0.3 is 10.5 Å². The second-order valence-electron chi connectivity index (χ2n) is 4.40. The molecule has 9 nitrogen and oxygen atoms in total. The van der Waals surface area contributed by atoms with Crippen LogP contribution in [-0.2, 0) is 6.18 Å². The molecular weight excluding hydrogens is 367 g/mol. The molecule has 1 heterocycles. The Kier molecular flexibility index (Phi) is 5.06. The van der Waals surface area contributed by atoms with Gasteiger partial charge in [-0.05, 0) is 19.1 Å². The minimum absolute atomic E-state index is 0.0300. The molecule has 1 aromatic heterocycles. The summed E-state index contributed by atoms with van der Waals surface area (Å²) in [7, 11) is 0. The standard InChI is InChI=1S/C12H10F3N5O4S/c1-2-24-6-3-4-7(8(5-6)20(22)23)19(10(16)21)11-18-17-9(25-11)12(13,14)15/h3-5H,2H2,1H3,(H2,16,21). The topological polar surface area (TPSA) is 124 Å². The van der Waals surface area contributed by atoms with E-state index in [-0.39, 0.29) is 29.4 Å². The second-order valence-corrected chi connectivity index (χ2v) is 5.36. The van der Waals surface area contributed by atoms with Gasteiger partial charge >= 0.3 is 12.2 Å². The number of nitro benzene ring substituents is 1. The van der Waals surface area contributed by atoms with Gasteiger partial charge in [0.25, 0.3) is 5.69 Å². The fourth-order valence-electron chi connectivity index (χ4n) is 1.83. The lowest BCUT2D eigenvalue weighted by molar-refractivity contribution is -0.384. The average Bonchev–Trinajstić information content (AvgIpc) is 2.98. The van der Waals surface area contributed by atoms with E-state index >= 15 is 0 Å². The number of alkyl halides is 3. The number of carbonyl (C=O) groups excluding carboxylic acids is 1. The van der Waals surface area contributed by atoms with Crippen LogP contribution in [0.4, 0.5) is 34.5 Å². The monoisotopic (exact) mass is 377 g/mol. The van der Waals surface area contributed by atoms with Crippen LogP contribution in [0.15, 0.2) is 18.2 Å². The van der Waals surface area contributed by atoms with Gasteiger partial charge in [-0.1, -0.05) is 11.3 Å². The van der Waals surface area contributed by atoms with E-state index in [0.29, 0.717) is 4.90 Å². The molecule has 0 unspecified atom stereocenters. The van der Waals surface area contributed by atoms with Crippen molar-refractivity contribution >= 4 is 33.9 Å². The lowest BCUT2D eigenvalue weighted by atomic mass is 10.2. The largest absolute Gasteiger partial charge is 0.494 e. The Morgan fingerprint density at radius 3 is 2.60 bits per heavy atom. The molecular formula is C12H10F3N5O4S. The molecule has 0 radical (unpaired) electrons. The molecule has 2 rings (SSSR count). The summed E-state index contributed by atoms with van der Waals surface area (Å²) in [6.45, 7) is 1.90. The summed E-state index contributed by atoms with van der Waals surface area (Å²) in [4.78, 5) is 22.6. The van der Waals surface area contributed by atoms with Crippen LogP contribution < -0.4 is 15.4 Å². The number of primary amides is 1. The summed E-state index contributed by atoms with van der Waals surface area (Å²) in [5.41, 5.74) is 4.23. The summed E-state index contributed by atoms with van der Waals surface area (Å²) in [5.74, 6) is 0.149. The molecule has 2 amide bonds. The molecule has 0 spiro atoms. The van der Waals surface area contributed by atoms with E-state index in [0.717, 1.165) is 12.1 Å². The molecule has 0 aliphatic heterocycles. The third-order valence-corrected chi connectivity index (χ3v) is 3.72. The van der Waals surface area contributed by atoms with Gasteiger partial charge in [0.05, 0.1) is 17.6 Å². The molecule has 0 atom stereocenters. The molecule has 0 aliphatic rings. The Bertz CT molecular complexity index is 810. The van der Waals surface area contributed by atoms with Crippen molar-refractivity contribution in [2.75, 3.05) is 11.5 Å². The van der Waals surface area contributed by atoms with Gasteiger partial charge in [0.15, 0.2) is 0 Å². The predicted molar refractivity (Wildman–Crippen MR) is 80.9 cm³/mol. The lowest BCUT2D eigenvalue weighted by Crippen LogP contribution is -2.31. The third kappa shape index (κ3) is 3.93. The molecule has 2 aromatic rings. The van der Waals surface area contributed by atoms with Crippen LogP contribution in [0.2, 0.25) is 0 Å². The lowest BCUT2D eigenvalue weighted by Gasteiger charge is -2.17. The van der Waals surface area contributed by atoms with Gasteiger partial charge in [0.2, 0.25) is 10.1 Å². The summed E-state index contributed by atoms with van der Waals surface area (Å²) in [6, 6.07) is 2.22. The smallest absolute Gasteiger partial charge is 0.445 e. The summed E-state index contributed by atoms with van der Waals surface area (Å²) in [6.07, 6.45) is -4.77. The molecule has 0 aliphatic carbocycles. The predicted octanol–water partition coefficient (Wildman–Crippen LogP) is 3.08. The minimum Gasteiger partial charge on any atom is -0.494 e. The number of rotatable bonds is 5. The van der Waals surface area contributed by atoms with Crippen molar-refractivity contribution in [3.05, 3.63) is 33.3 Å². The van der Waals surface area contributed by atoms with Crippen LogP contribution in [-0.4, -0.2) is 27.8 Å². The van der Waals surface area contributed by atoms with Crippen LogP contribution in [0.1, 0.15) is 11.9 Å². The van der Waals surface area contributed by atoms with Crippen molar-refractivity contribution in [3.8, 4) is 5.75 Å². The zero-order valence-electron chi connectivity index (χ0n) is 12.5. The van der Waals surface area contributed by atoms with Crippen LogP contribution in [0.3, 0.4) is 0 Å². The summed E-state index contributed by atoms with van der Waals surface area (Å²) >= 11 is 0.0300. The second kappa shape index (κ2) is 6.88. The summed E-state index contributed by atoms with van der Waals surface area (Å²) in [5, 5.41) is 15.6. The number of hydrogen-bond acceptors (Lipinski definition) is 7. The number of nitrogens with two attached hydrogens (primary N) is 1. The number of urea groups is 1. The van der Waals surface area contributed by atoms with E-state index in [2.05, 4.69) is 10.2 Å². The van der Waals surface area contributed by atoms with Crippen molar-refractivity contribution in [1.82, 2.24) is 10.2 Å². The van der Waals surface area contributed by atoms with Crippen molar-refractivity contribution in [3.63, 3.8) is 0 Å². The Labute approximate surface area is 142 Å². The molecule has 0 saturated carbocycles. The van der Waals surface area contributed by atoms with Gasteiger partial charge in [0.1, 0.15) is 11.4 Å². The maximum atomic E-state index is 12.7. The number of nitro groups is 1. The van der Waals surface area contributed by atoms with Crippen molar-refractivity contribution < 1.29 is 27.6 Å². The van der Waals surface area contributed by atoms with Crippen molar-refractivity contribution in [2.45, 2.75) is 13.1 Å². The van der Waals surface area contributed by atoms with Gasteiger partial charge in [-0.2, -0.15) is 13.2 Å². The number of hydrogen-bond donors (Lipinski definition) is 1. The van der Waals surface area contributed by atoms with Gasteiger partial charge in [0, 0.05) is 0 Å². The van der Waals surface area contributed by atoms with Crippen molar-refractivity contribution in [1.29, 1.82) is 0 Å². The SMILES string of the molecule is CCOc1ccc(N(C(N)=O)c2nnc(C(F)(F)F)s2)c([N+](=O)[O-])c1. The molecule has 0 bridgehead atoms. The summed E-state index contributed by atoms with van der Waals surface area (Å²) < 4.78 is 43.1. The number of ether oxygens (including phenoxy) is 1. The Morgan fingerprint density at radius 1 is 1.44 bits per heavy atom. The highest BCUT2D eigenvalue weighted by Gasteiger charge is 2.37. The highest BCUT2D eigenvalue weighted by atomic mass is 32.1. The molecule has 25 heavy (non-hydrogen) atoms. The first-order chi connectivity index (χ1) is 11.6. The van der Waals surface area contributed by atoms with E-state index < -0.39 is 33.0 Å². The number of nitrogens with zero attached hydrogens (tertiary/aromatic N) is 4. The molecule has 2 N–H and O–H groups in total. The van der Waals surface area contributed by atoms with Crippen LogP contribution in [0, 0.1) is 10.1 Å². The number of amides is 2. The quantitative estimate of drug-likeness (QED) is 0.631. The maximum absolute atomic E-state index is 12.7. The first-order valence-electron chi connectivity index (χ1n) is 6.56. The Morgan fingerprint density at radius 2 is 2.12 bits per heavy atom. The third-order valence-electron chi connectivity index (χ3n) is 2.76. The number of aromatic nitrogens is 2. The number of carbonyl (C=O) groups is 1. The van der Waals surface area contributed by atoms with Crippen LogP contribution in [0.25, 0.3) is 0 Å². The molecule has 1 aromatic carbocycles. The van der Waals surface area contributed by atoms with E-state index in [9.17, 15) is 28.1 Å². The number of benzene rings is 1. The Hall–Kier alpha value is -2.96. The molecule has 0 saturated heterocycles. The Balaban J connectivity index is 2.56. The molecule has 13 heteroatoms. The number of anilines is 2. The normalized spacial score (nSPS) is 11.2. The van der Waals surface area contributed by atoms with E-state index in [1.54, 1.807) is 6.92 Å². The highest BCUT2D eigenvalue weighted by Crippen LogP contribution is 2.40. The van der Waals surface area contributed by atoms with Crippen molar-refractivity contribution in [2.24, 2.45) is 5.73 Å². The van der Waals surface area contributed by atoms with Crippen LogP contribution in [0.5, 0.6) is 5.75 Å². The minimum atomic E-state index is -4.77. The van der Waals surface area contributed by atoms with E-state index in [1.807, 2.05) is 0 Å². The highest BCUT2D eigenvalue weighted by molar-refractivity contribution is 7.15. The average molecular weight is 377 g/mol. The fourth-order valence-corrected chi connectivity index (χ4v) is 2.56. The van der Waals surface area contributed by atoms with Gasteiger partial charge in [-0.3, -0.25) is 10.1 Å². The maximum Gasteiger partial charge on any atom is 0.445 e. The van der Waals surface area contributed by atoms with Gasteiger partial charge in [-0.15, -0.1) is 10.2 Å². The van der Waals surface area contributed by atoms with E-state index in [4.69, 9.17) is 10.5 Å². The zero-order valence-corrected chi connectivity index (χ0v) is 13.3. The molecule has 0 fully saturated rings. The first-order valence-corrected chi connectivity index (χ1v) is 7.38. The van der Waals surface area contributed by atoms with E-state index in [1.165, 1.54) is 6.07 Å². The number of halogens is 3. The van der Waals surface area contributed by atoms with Crippen LogP contribution >= 0.6 is 11.3 Å². The fraction of sp³-hybridized carbons (Fsp3) is 0.250.